The number of fused-ring (bicyclic) bond motifs is 1. The van der Waals surface area contributed by atoms with Gasteiger partial charge in [0.1, 0.15) is 5.69 Å². The summed E-state index contributed by atoms with van der Waals surface area (Å²) in [6, 6.07) is 9.25. The van der Waals surface area contributed by atoms with Crippen LogP contribution in [0.15, 0.2) is 34.9 Å². The molecule has 0 atom stereocenters. The number of hydrogen-bond acceptors (Lipinski definition) is 6. The zero-order valence-corrected chi connectivity index (χ0v) is 12.2. The Labute approximate surface area is 126 Å². The standard InChI is InChI=1S/C16H14N2O4/c1-3-21-16(20)13-14(19)11-9(2)18-22-15(11)12(17-13)10-7-5-4-6-8-10/h4-8,19H,3H2,1-2H3. The Kier molecular flexibility index (Phi) is 3.50. The lowest BCUT2D eigenvalue weighted by atomic mass is 10.1. The van der Waals surface area contributed by atoms with E-state index in [-0.39, 0.29) is 18.1 Å². The fourth-order valence-electron chi connectivity index (χ4n) is 2.28. The van der Waals surface area contributed by atoms with Crippen molar-refractivity contribution in [3.8, 4) is 17.0 Å². The molecule has 0 aliphatic carbocycles. The molecule has 0 bridgehead atoms. The molecule has 0 aliphatic rings. The minimum atomic E-state index is -0.681. The smallest absolute Gasteiger partial charge is 0.360 e. The molecule has 0 amide bonds. The first-order chi connectivity index (χ1) is 10.6. The molecule has 112 valence electrons. The Bertz CT molecular complexity index is 840. The quantitative estimate of drug-likeness (QED) is 0.748. The Balaban J connectivity index is 2.32. The van der Waals surface area contributed by atoms with Crippen LogP contribution in [-0.4, -0.2) is 27.8 Å². The molecule has 0 saturated carbocycles. The third-order valence-corrected chi connectivity index (χ3v) is 3.28. The molecule has 6 heteroatoms. The van der Waals surface area contributed by atoms with Crippen LogP contribution in [0.25, 0.3) is 22.2 Å². The summed E-state index contributed by atoms with van der Waals surface area (Å²) in [7, 11) is 0. The summed E-state index contributed by atoms with van der Waals surface area (Å²) < 4.78 is 10.2. The molecule has 22 heavy (non-hydrogen) atoms. The second-order valence-electron chi connectivity index (χ2n) is 4.72. The Morgan fingerprint density at radius 1 is 1.32 bits per heavy atom. The van der Waals surface area contributed by atoms with Crippen molar-refractivity contribution in [2.75, 3.05) is 6.61 Å². The Hall–Kier alpha value is -2.89. The minimum Gasteiger partial charge on any atom is -0.505 e. The van der Waals surface area contributed by atoms with E-state index in [2.05, 4.69) is 10.1 Å². The number of ether oxygens (including phenoxy) is 1. The molecular formula is C16H14N2O4. The van der Waals surface area contributed by atoms with Crippen LogP contribution in [0.1, 0.15) is 23.1 Å². The van der Waals surface area contributed by atoms with Gasteiger partial charge in [0.25, 0.3) is 0 Å². The van der Waals surface area contributed by atoms with Crippen molar-refractivity contribution in [3.63, 3.8) is 0 Å². The number of hydrogen-bond donors (Lipinski definition) is 1. The fourth-order valence-corrected chi connectivity index (χ4v) is 2.28. The summed E-state index contributed by atoms with van der Waals surface area (Å²) in [5.41, 5.74) is 1.89. The second kappa shape index (κ2) is 5.48. The molecule has 0 radical (unpaired) electrons. The lowest BCUT2D eigenvalue weighted by Gasteiger charge is -2.08. The van der Waals surface area contributed by atoms with Gasteiger partial charge in [-0.2, -0.15) is 0 Å². The molecule has 2 heterocycles. The largest absolute Gasteiger partial charge is 0.505 e. The van der Waals surface area contributed by atoms with Crippen LogP contribution in [-0.2, 0) is 4.74 Å². The van der Waals surface area contributed by atoms with Gasteiger partial charge >= 0.3 is 5.97 Å². The highest BCUT2D eigenvalue weighted by atomic mass is 16.5. The van der Waals surface area contributed by atoms with Crippen molar-refractivity contribution in [3.05, 3.63) is 41.7 Å². The van der Waals surface area contributed by atoms with Crippen molar-refractivity contribution < 1.29 is 19.2 Å². The van der Waals surface area contributed by atoms with Crippen molar-refractivity contribution in [2.24, 2.45) is 0 Å². The Morgan fingerprint density at radius 2 is 2.05 bits per heavy atom. The topological polar surface area (TPSA) is 85.5 Å². The maximum Gasteiger partial charge on any atom is 0.360 e. The number of benzene rings is 1. The first kappa shape index (κ1) is 14.1. The number of aromatic nitrogens is 2. The van der Waals surface area contributed by atoms with E-state index in [4.69, 9.17) is 9.26 Å². The molecule has 6 nitrogen and oxygen atoms in total. The molecule has 0 saturated heterocycles. The van der Waals surface area contributed by atoms with Gasteiger partial charge in [-0.25, -0.2) is 9.78 Å². The average molecular weight is 298 g/mol. The number of aryl methyl sites for hydroxylation is 1. The van der Waals surface area contributed by atoms with Crippen molar-refractivity contribution in [2.45, 2.75) is 13.8 Å². The highest BCUT2D eigenvalue weighted by molar-refractivity contribution is 6.03. The molecule has 1 N–H and O–H groups in total. The van der Waals surface area contributed by atoms with E-state index < -0.39 is 5.97 Å². The van der Waals surface area contributed by atoms with Crippen LogP contribution in [0.5, 0.6) is 5.75 Å². The van der Waals surface area contributed by atoms with Gasteiger partial charge in [0, 0.05) is 5.56 Å². The van der Waals surface area contributed by atoms with Crippen LogP contribution in [0.2, 0.25) is 0 Å². The van der Waals surface area contributed by atoms with E-state index in [1.54, 1.807) is 13.8 Å². The van der Waals surface area contributed by atoms with E-state index in [0.29, 0.717) is 22.4 Å². The maximum atomic E-state index is 12.0. The molecule has 3 aromatic rings. The first-order valence-corrected chi connectivity index (χ1v) is 6.85. The van der Waals surface area contributed by atoms with Gasteiger partial charge in [0.15, 0.2) is 17.0 Å². The summed E-state index contributed by atoms with van der Waals surface area (Å²) in [6.45, 7) is 3.58. The third-order valence-electron chi connectivity index (χ3n) is 3.28. The molecule has 0 spiro atoms. The van der Waals surface area contributed by atoms with E-state index in [1.165, 1.54) is 0 Å². The molecule has 1 aromatic carbocycles. The molecule has 0 unspecified atom stereocenters. The molecule has 0 fully saturated rings. The van der Waals surface area contributed by atoms with Gasteiger partial charge in [0.2, 0.25) is 0 Å². The van der Waals surface area contributed by atoms with E-state index in [1.807, 2.05) is 30.3 Å². The normalized spacial score (nSPS) is 10.8. The summed E-state index contributed by atoms with van der Waals surface area (Å²) in [5.74, 6) is -0.952. The van der Waals surface area contributed by atoms with Crippen LogP contribution in [0.4, 0.5) is 0 Å². The predicted molar refractivity (Wildman–Crippen MR) is 79.6 cm³/mol. The summed E-state index contributed by atoms with van der Waals surface area (Å²) in [5, 5.41) is 14.6. The number of carbonyl (C=O) groups is 1. The predicted octanol–water partition coefficient (Wildman–Crippen LogP) is 3.08. The zero-order chi connectivity index (χ0) is 15.7. The third kappa shape index (κ3) is 2.18. The first-order valence-electron chi connectivity index (χ1n) is 6.85. The monoisotopic (exact) mass is 298 g/mol. The number of nitrogens with zero attached hydrogens (tertiary/aromatic N) is 2. The fraction of sp³-hybridized carbons (Fsp3) is 0.188. The number of rotatable bonds is 3. The van der Waals surface area contributed by atoms with E-state index in [0.717, 1.165) is 5.56 Å². The molecule has 3 rings (SSSR count). The van der Waals surface area contributed by atoms with Gasteiger partial charge in [-0.15, -0.1) is 0 Å². The molecular weight excluding hydrogens is 284 g/mol. The zero-order valence-electron chi connectivity index (χ0n) is 12.2. The lowest BCUT2D eigenvalue weighted by molar-refractivity contribution is 0.0516. The highest BCUT2D eigenvalue weighted by Crippen LogP contribution is 2.36. The van der Waals surface area contributed by atoms with Gasteiger partial charge in [-0.05, 0) is 13.8 Å². The van der Waals surface area contributed by atoms with Crippen LogP contribution >= 0.6 is 0 Å². The van der Waals surface area contributed by atoms with Crippen molar-refractivity contribution in [1.29, 1.82) is 0 Å². The SMILES string of the molecule is CCOC(=O)c1nc(-c2ccccc2)c2onc(C)c2c1O. The van der Waals surface area contributed by atoms with Gasteiger partial charge < -0.3 is 14.4 Å². The molecule has 0 aliphatic heterocycles. The number of aromatic hydroxyl groups is 1. The van der Waals surface area contributed by atoms with Gasteiger partial charge in [-0.3, -0.25) is 0 Å². The average Bonchev–Trinajstić information content (AvgIpc) is 2.91. The second-order valence-corrected chi connectivity index (χ2v) is 4.72. The lowest BCUT2D eigenvalue weighted by Crippen LogP contribution is -2.08. The summed E-state index contributed by atoms with van der Waals surface area (Å²) in [4.78, 5) is 16.3. The molecule has 2 aromatic heterocycles. The van der Waals surface area contributed by atoms with Crippen molar-refractivity contribution >= 4 is 16.9 Å². The van der Waals surface area contributed by atoms with E-state index in [9.17, 15) is 9.90 Å². The summed E-state index contributed by atoms with van der Waals surface area (Å²) in [6.07, 6.45) is 0. The van der Waals surface area contributed by atoms with Crippen molar-refractivity contribution in [1.82, 2.24) is 10.1 Å². The number of carbonyl (C=O) groups excluding carboxylic acids is 1. The van der Waals surface area contributed by atoms with E-state index >= 15 is 0 Å². The van der Waals surface area contributed by atoms with Crippen LogP contribution < -0.4 is 0 Å². The van der Waals surface area contributed by atoms with Gasteiger partial charge in [0.05, 0.1) is 17.7 Å². The number of pyridine rings is 1. The summed E-state index contributed by atoms with van der Waals surface area (Å²) >= 11 is 0. The van der Waals surface area contributed by atoms with Crippen LogP contribution in [0.3, 0.4) is 0 Å². The van der Waals surface area contributed by atoms with Crippen LogP contribution in [0, 0.1) is 6.92 Å². The number of esters is 1. The maximum absolute atomic E-state index is 12.0. The minimum absolute atomic E-state index is 0.139. The Morgan fingerprint density at radius 3 is 2.73 bits per heavy atom. The highest BCUT2D eigenvalue weighted by Gasteiger charge is 2.25. The van der Waals surface area contributed by atoms with Gasteiger partial charge in [-0.1, -0.05) is 35.5 Å².